The molecule has 0 amide bonds. The predicted molar refractivity (Wildman–Crippen MR) is 70.6 cm³/mol. The van der Waals surface area contributed by atoms with E-state index >= 15 is 0 Å². The van der Waals surface area contributed by atoms with E-state index in [4.69, 9.17) is 12.2 Å². The summed E-state index contributed by atoms with van der Waals surface area (Å²) in [6.45, 7) is 1.02. The molecular formula is C12H12BrNS. The van der Waals surface area contributed by atoms with Crippen molar-refractivity contribution < 1.29 is 0 Å². The minimum absolute atomic E-state index is 0.348. The summed E-state index contributed by atoms with van der Waals surface area (Å²) >= 11 is 9.05. The predicted octanol–water partition coefficient (Wildman–Crippen LogP) is 3.57. The van der Waals surface area contributed by atoms with E-state index in [-0.39, 0.29) is 0 Å². The Hall–Kier alpha value is -0.410. The third kappa shape index (κ3) is 1.62. The maximum absolute atomic E-state index is 5.55. The lowest BCUT2D eigenvalue weighted by molar-refractivity contribution is 0.752. The van der Waals surface area contributed by atoms with Crippen molar-refractivity contribution in [2.24, 2.45) is 5.41 Å². The zero-order valence-electron chi connectivity index (χ0n) is 8.35. The van der Waals surface area contributed by atoms with Gasteiger partial charge in [-0.1, -0.05) is 34.2 Å². The third-order valence-electron chi connectivity index (χ3n) is 3.49. The molecule has 1 spiro atoms. The molecule has 3 rings (SSSR count). The molecule has 0 radical (unpaired) electrons. The lowest BCUT2D eigenvalue weighted by Gasteiger charge is -2.12. The zero-order chi connectivity index (χ0) is 10.5. The van der Waals surface area contributed by atoms with Crippen LogP contribution in [-0.2, 0) is 6.42 Å². The number of anilines is 1. The van der Waals surface area contributed by atoms with Crippen LogP contribution in [0.2, 0.25) is 0 Å². The SMILES string of the molecule is S=C1Cc2ccc(Br)cc2NCC12CC2. The molecule has 0 unspecified atom stereocenters. The molecule has 0 atom stereocenters. The molecule has 0 aromatic heterocycles. The van der Waals surface area contributed by atoms with Gasteiger partial charge in [0.2, 0.25) is 0 Å². The second kappa shape index (κ2) is 3.29. The van der Waals surface area contributed by atoms with Crippen molar-refractivity contribution in [3.8, 4) is 0 Å². The highest BCUT2D eigenvalue weighted by Crippen LogP contribution is 2.49. The van der Waals surface area contributed by atoms with E-state index in [1.165, 1.54) is 29.0 Å². The molecule has 78 valence electrons. The summed E-state index contributed by atoms with van der Waals surface area (Å²) in [6.07, 6.45) is 3.51. The van der Waals surface area contributed by atoms with Crippen molar-refractivity contribution in [1.29, 1.82) is 0 Å². The Morgan fingerprint density at radius 3 is 2.87 bits per heavy atom. The quantitative estimate of drug-likeness (QED) is 0.730. The lowest BCUT2D eigenvalue weighted by atomic mass is 9.98. The second-order valence-electron chi connectivity index (χ2n) is 4.54. The van der Waals surface area contributed by atoms with Gasteiger partial charge in [-0.25, -0.2) is 0 Å². The highest BCUT2D eigenvalue weighted by Gasteiger charge is 2.47. The Balaban J connectivity index is 2.00. The van der Waals surface area contributed by atoms with Gasteiger partial charge >= 0.3 is 0 Å². The minimum atomic E-state index is 0.348. The van der Waals surface area contributed by atoms with Gasteiger partial charge in [0, 0.05) is 33.4 Å². The number of rotatable bonds is 0. The fourth-order valence-corrected chi connectivity index (χ4v) is 2.99. The highest BCUT2D eigenvalue weighted by molar-refractivity contribution is 9.10. The molecule has 2 aliphatic rings. The normalized spacial score (nSPS) is 21.8. The van der Waals surface area contributed by atoms with Gasteiger partial charge in [0.1, 0.15) is 0 Å². The minimum Gasteiger partial charge on any atom is -0.384 e. The summed E-state index contributed by atoms with van der Waals surface area (Å²) in [5.74, 6) is 0. The van der Waals surface area contributed by atoms with Crippen LogP contribution in [0.4, 0.5) is 5.69 Å². The molecule has 0 bridgehead atoms. The molecule has 1 N–H and O–H groups in total. The first-order valence-corrected chi connectivity index (χ1v) is 6.45. The molecule has 1 aliphatic heterocycles. The van der Waals surface area contributed by atoms with E-state index in [2.05, 4.69) is 39.4 Å². The monoisotopic (exact) mass is 281 g/mol. The Morgan fingerprint density at radius 1 is 1.33 bits per heavy atom. The van der Waals surface area contributed by atoms with Crippen molar-refractivity contribution in [1.82, 2.24) is 0 Å². The molecule has 1 fully saturated rings. The van der Waals surface area contributed by atoms with Gasteiger partial charge in [0.15, 0.2) is 0 Å². The second-order valence-corrected chi connectivity index (χ2v) is 5.94. The number of halogens is 1. The van der Waals surface area contributed by atoms with E-state index < -0.39 is 0 Å². The smallest absolute Gasteiger partial charge is 0.0387 e. The van der Waals surface area contributed by atoms with Crippen molar-refractivity contribution in [3.63, 3.8) is 0 Å². The van der Waals surface area contributed by atoms with E-state index in [0.29, 0.717) is 5.41 Å². The van der Waals surface area contributed by atoms with Crippen molar-refractivity contribution in [2.45, 2.75) is 19.3 Å². The Morgan fingerprint density at radius 2 is 2.13 bits per heavy atom. The van der Waals surface area contributed by atoms with Gasteiger partial charge in [0.25, 0.3) is 0 Å². The number of hydrogen-bond donors (Lipinski definition) is 1. The van der Waals surface area contributed by atoms with E-state index in [0.717, 1.165) is 17.4 Å². The molecule has 1 aromatic carbocycles. The summed E-state index contributed by atoms with van der Waals surface area (Å²) in [6, 6.07) is 6.41. The first kappa shape index (κ1) is 9.79. The first-order valence-electron chi connectivity index (χ1n) is 5.25. The summed E-state index contributed by atoms with van der Waals surface area (Å²) in [5.41, 5.74) is 2.93. The van der Waals surface area contributed by atoms with E-state index in [1.54, 1.807) is 0 Å². The zero-order valence-corrected chi connectivity index (χ0v) is 10.7. The fraction of sp³-hybridized carbons (Fsp3) is 0.417. The van der Waals surface area contributed by atoms with Crippen LogP contribution in [0.1, 0.15) is 18.4 Å². The van der Waals surface area contributed by atoms with Crippen LogP contribution < -0.4 is 5.32 Å². The van der Waals surface area contributed by atoms with Crippen LogP contribution in [0.5, 0.6) is 0 Å². The summed E-state index contributed by atoms with van der Waals surface area (Å²) < 4.78 is 1.13. The van der Waals surface area contributed by atoms with Crippen LogP contribution in [0, 0.1) is 5.41 Å². The molecule has 1 heterocycles. The molecule has 1 aromatic rings. The Labute approximate surface area is 103 Å². The van der Waals surface area contributed by atoms with E-state index in [1.807, 2.05) is 0 Å². The number of benzene rings is 1. The van der Waals surface area contributed by atoms with Gasteiger partial charge in [-0.3, -0.25) is 0 Å². The average Bonchev–Trinajstić information content (AvgIpc) is 3.00. The number of thiocarbonyl (C=S) groups is 1. The number of fused-ring (bicyclic) bond motifs is 1. The van der Waals surface area contributed by atoms with Crippen LogP contribution in [0.25, 0.3) is 0 Å². The standard InChI is InChI=1S/C12H12BrNS/c13-9-2-1-8-5-11(15)12(3-4-12)7-14-10(8)6-9/h1-2,6,14H,3-5,7H2. The van der Waals surface area contributed by atoms with Crippen molar-refractivity contribution in [2.75, 3.05) is 11.9 Å². The summed E-state index contributed by atoms with van der Waals surface area (Å²) in [7, 11) is 0. The first-order chi connectivity index (χ1) is 7.20. The van der Waals surface area contributed by atoms with Crippen LogP contribution in [-0.4, -0.2) is 11.4 Å². The molecule has 15 heavy (non-hydrogen) atoms. The molecular weight excluding hydrogens is 270 g/mol. The topological polar surface area (TPSA) is 12.0 Å². The largest absolute Gasteiger partial charge is 0.384 e. The van der Waals surface area contributed by atoms with Crippen LogP contribution >= 0.6 is 28.1 Å². The third-order valence-corrected chi connectivity index (χ3v) is 4.56. The summed E-state index contributed by atoms with van der Waals surface area (Å²) in [4.78, 5) is 1.25. The van der Waals surface area contributed by atoms with Gasteiger partial charge < -0.3 is 5.32 Å². The molecule has 3 heteroatoms. The Kier molecular flexibility index (Phi) is 2.15. The molecule has 1 nitrogen and oxygen atoms in total. The lowest BCUT2D eigenvalue weighted by Crippen LogP contribution is -2.21. The fourth-order valence-electron chi connectivity index (χ4n) is 2.20. The number of nitrogens with one attached hydrogen (secondary N) is 1. The Bertz CT molecular complexity index is 437. The van der Waals surface area contributed by atoms with Crippen molar-refractivity contribution >= 4 is 38.7 Å². The maximum atomic E-state index is 5.55. The highest BCUT2D eigenvalue weighted by atomic mass is 79.9. The number of hydrogen-bond acceptors (Lipinski definition) is 2. The molecule has 0 saturated heterocycles. The van der Waals surface area contributed by atoms with Crippen LogP contribution in [0.15, 0.2) is 22.7 Å². The molecule has 1 aliphatic carbocycles. The average molecular weight is 282 g/mol. The van der Waals surface area contributed by atoms with Crippen molar-refractivity contribution in [3.05, 3.63) is 28.2 Å². The van der Waals surface area contributed by atoms with Gasteiger partial charge in [-0.15, -0.1) is 0 Å². The van der Waals surface area contributed by atoms with E-state index in [9.17, 15) is 0 Å². The summed E-state index contributed by atoms with van der Waals surface area (Å²) in [5, 5.41) is 3.53. The maximum Gasteiger partial charge on any atom is 0.0387 e. The molecule has 1 saturated carbocycles. The van der Waals surface area contributed by atoms with Gasteiger partial charge in [-0.05, 0) is 30.5 Å². The van der Waals surface area contributed by atoms with Gasteiger partial charge in [0.05, 0.1) is 0 Å². The van der Waals surface area contributed by atoms with Gasteiger partial charge in [-0.2, -0.15) is 0 Å². The van der Waals surface area contributed by atoms with Crippen LogP contribution in [0.3, 0.4) is 0 Å².